The first-order valence-electron chi connectivity index (χ1n) is 9.45. The number of carbonyl (C=O) groups excluding carboxylic acids is 1. The lowest BCUT2D eigenvalue weighted by molar-refractivity contribution is 0.0601. The van der Waals surface area contributed by atoms with Gasteiger partial charge < -0.3 is 14.2 Å². The molecule has 0 bridgehead atoms. The van der Waals surface area contributed by atoms with Gasteiger partial charge in [-0.2, -0.15) is 0 Å². The van der Waals surface area contributed by atoms with E-state index in [-0.39, 0.29) is 5.97 Å². The van der Waals surface area contributed by atoms with Crippen molar-refractivity contribution in [2.75, 3.05) is 21.3 Å². The fraction of sp³-hybridized carbons (Fsp3) is 0.227. The highest BCUT2D eigenvalue weighted by atomic mass is 16.5. The largest absolute Gasteiger partial charge is 0.493 e. The summed E-state index contributed by atoms with van der Waals surface area (Å²) in [5.74, 6) is 1.09. The number of carbonyl (C=O) groups is 1. The molecule has 0 unspecified atom stereocenters. The van der Waals surface area contributed by atoms with Gasteiger partial charge >= 0.3 is 5.97 Å². The Morgan fingerprint density at radius 1 is 1.00 bits per heavy atom. The van der Waals surface area contributed by atoms with Gasteiger partial charge in [-0.05, 0) is 34.7 Å². The average Bonchev–Trinajstić information content (AvgIpc) is 2.75. The van der Waals surface area contributed by atoms with Gasteiger partial charge in [-0.3, -0.25) is 0 Å². The van der Waals surface area contributed by atoms with E-state index < -0.39 is 0 Å². The number of esters is 1. The van der Waals surface area contributed by atoms with E-state index in [9.17, 15) is 4.79 Å². The second-order valence-corrected chi connectivity index (χ2v) is 6.65. The molecular weight excluding hydrogens is 350 g/mol. The van der Waals surface area contributed by atoms with Crippen LogP contribution in [0.1, 0.15) is 15.9 Å². The molecule has 0 spiro atoms. The van der Waals surface area contributed by atoms with Crippen molar-refractivity contribution in [3.8, 4) is 11.5 Å². The van der Waals surface area contributed by atoms with Crippen LogP contribution in [-0.2, 0) is 11.1 Å². The number of rotatable bonds is 7. The fourth-order valence-electron chi connectivity index (χ4n) is 3.75. The van der Waals surface area contributed by atoms with E-state index in [0.29, 0.717) is 11.3 Å². The molecule has 6 heteroatoms. The summed E-state index contributed by atoms with van der Waals surface area (Å²) in [6.07, 6.45) is 0.887. The van der Waals surface area contributed by atoms with Crippen LogP contribution in [0.2, 0.25) is 6.82 Å². The van der Waals surface area contributed by atoms with Crippen molar-refractivity contribution in [1.29, 1.82) is 0 Å². The molecule has 0 atom stereocenters. The third-order valence-electron chi connectivity index (χ3n) is 5.06. The van der Waals surface area contributed by atoms with Crippen LogP contribution < -0.4 is 20.4 Å². The minimum atomic E-state index is -0.337. The molecule has 0 amide bonds. The molecule has 0 radical (unpaired) electrons. The van der Waals surface area contributed by atoms with Gasteiger partial charge in [0.25, 0.3) is 0 Å². The number of methoxy groups -OCH3 is 3. The van der Waals surface area contributed by atoms with Crippen molar-refractivity contribution in [1.82, 2.24) is 0 Å². The van der Waals surface area contributed by atoms with Gasteiger partial charge in [0, 0.05) is 0 Å². The Bertz CT molecular complexity index is 987. The van der Waals surface area contributed by atoms with Crippen LogP contribution in [0, 0.1) is 0 Å². The highest BCUT2D eigenvalue weighted by Gasteiger charge is 2.19. The highest BCUT2D eigenvalue weighted by Crippen LogP contribution is 2.30. The Kier molecular flexibility index (Phi) is 6.30. The van der Waals surface area contributed by atoms with Gasteiger partial charge in [0.2, 0.25) is 0 Å². The topological polar surface area (TPSA) is 44.8 Å². The number of ether oxygens (including phenoxy) is 3. The molecule has 0 saturated carbocycles. The quantitative estimate of drug-likeness (QED) is 0.469. The van der Waals surface area contributed by atoms with Gasteiger partial charge in [-0.1, -0.05) is 54.2 Å². The monoisotopic (exact) mass is 374 g/mol. The number of hydrogen-bond donors (Lipinski definition) is 0. The second-order valence-electron chi connectivity index (χ2n) is 6.65. The zero-order chi connectivity index (χ0) is 20.1. The van der Waals surface area contributed by atoms with Crippen LogP contribution in [0.25, 0.3) is 10.8 Å². The second kappa shape index (κ2) is 8.87. The normalized spacial score (nSPS) is 10.4. The summed E-state index contributed by atoms with van der Waals surface area (Å²) in [6, 6.07) is 16.1. The highest BCUT2D eigenvalue weighted by molar-refractivity contribution is 6.64. The smallest absolute Gasteiger partial charge is 0.337 e. The van der Waals surface area contributed by atoms with Crippen molar-refractivity contribution in [3.05, 3.63) is 59.7 Å². The molecule has 142 valence electrons. The summed E-state index contributed by atoms with van der Waals surface area (Å²) in [4.78, 5) is 12.2. The maximum Gasteiger partial charge on any atom is 0.337 e. The first-order chi connectivity index (χ1) is 13.6. The van der Waals surface area contributed by atoms with Gasteiger partial charge in [-0.25, -0.2) is 4.79 Å². The molecule has 0 fully saturated rings. The molecule has 3 aromatic rings. The van der Waals surface area contributed by atoms with Gasteiger partial charge in [0.05, 0.1) is 26.9 Å². The standard InChI is InChI=1S/C22H24B2O4/c1-23-20-19-15(12-18(26-2)21(20)27-3)10-16(22(25)28-4)11-17(19)24-13-14-8-6-5-7-9-14/h5-12,23-24H,13H2,1-4H3. The third kappa shape index (κ3) is 3.86. The zero-order valence-corrected chi connectivity index (χ0v) is 16.9. The van der Waals surface area contributed by atoms with Crippen molar-refractivity contribution in [3.63, 3.8) is 0 Å². The van der Waals surface area contributed by atoms with Gasteiger partial charge in [-0.15, -0.1) is 0 Å². The lowest BCUT2D eigenvalue weighted by Crippen LogP contribution is -2.28. The summed E-state index contributed by atoms with van der Waals surface area (Å²) in [6.45, 7) is 2.10. The minimum Gasteiger partial charge on any atom is -0.493 e. The van der Waals surface area contributed by atoms with Gasteiger partial charge in [0.15, 0.2) is 26.1 Å². The molecule has 0 aliphatic rings. The molecule has 4 nitrogen and oxygen atoms in total. The molecule has 3 rings (SSSR count). The van der Waals surface area contributed by atoms with Crippen LogP contribution in [0.5, 0.6) is 11.5 Å². The molecule has 0 heterocycles. The number of benzene rings is 3. The number of hydrogen-bond acceptors (Lipinski definition) is 4. The van der Waals surface area contributed by atoms with Crippen molar-refractivity contribution in [2.24, 2.45) is 0 Å². The molecule has 0 saturated heterocycles. The predicted molar refractivity (Wildman–Crippen MR) is 118 cm³/mol. The van der Waals surface area contributed by atoms with Crippen LogP contribution in [0.3, 0.4) is 0 Å². The van der Waals surface area contributed by atoms with Crippen molar-refractivity contribution < 1.29 is 19.0 Å². The molecule has 0 N–H and O–H groups in total. The lowest BCUT2D eigenvalue weighted by atomic mass is 9.60. The van der Waals surface area contributed by atoms with Crippen LogP contribution >= 0.6 is 0 Å². The maximum atomic E-state index is 12.2. The Morgan fingerprint density at radius 3 is 2.36 bits per heavy atom. The zero-order valence-electron chi connectivity index (χ0n) is 16.9. The molecular formula is C22H24B2O4. The van der Waals surface area contributed by atoms with Crippen molar-refractivity contribution in [2.45, 2.75) is 13.1 Å². The minimum absolute atomic E-state index is 0.337. The summed E-state index contributed by atoms with van der Waals surface area (Å²) >= 11 is 0. The van der Waals surface area contributed by atoms with Crippen LogP contribution in [-0.4, -0.2) is 41.9 Å². The first kappa shape index (κ1) is 19.9. The maximum absolute atomic E-state index is 12.2. The SMILES string of the molecule is CBc1c(OC)c(OC)cc2cc(C(=O)OC)cc(BCc3ccccc3)c12. The van der Waals surface area contributed by atoms with E-state index in [1.807, 2.05) is 36.4 Å². The fourth-order valence-corrected chi connectivity index (χ4v) is 3.75. The lowest BCUT2D eigenvalue weighted by Gasteiger charge is -2.18. The molecule has 28 heavy (non-hydrogen) atoms. The Hall–Kier alpha value is -2.88. The van der Waals surface area contributed by atoms with E-state index in [4.69, 9.17) is 14.2 Å². The predicted octanol–water partition coefficient (Wildman–Crippen LogP) is 2.02. The average molecular weight is 374 g/mol. The summed E-state index contributed by atoms with van der Waals surface area (Å²) < 4.78 is 16.2. The van der Waals surface area contributed by atoms with Crippen LogP contribution in [0.15, 0.2) is 48.5 Å². The molecule has 0 aliphatic heterocycles. The van der Waals surface area contributed by atoms with E-state index in [1.165, 1.54) is 12.7 Å². The third-order valence-corrected chi connectivity index (χ3v) is 5.06. The molecule has 0 aromatic heterocycles. The van der Waals surface area contributed by atoms with E-state index in [1.54, 1.807) is 14.2 Å². The molecule has 0 aliphatic carbocycles. The Morgan fingerprint density at radius 2 is 1.75 bits per heavy atom. The number of fused-ring (bicyclic) bond motifs is 1. The first-order valence-corrected chi connectivity index (χ1v) is 9.45. The van der Waals surface area contributed by atoms with Crippen molar-refractivity contribution >= 4 is 42.2 Å². The van der Waals surface area contributed by atoms with E-state index in [2.05, 4.69) is 19.0 Å². The Balaban J connectivity index is 2.21. The molecule has 3 aromatic carbocycles. The van der Waals surface area contributed by atoms with Gasteiger partial charge in [0.1, 0.15) is 0 Å². The van der Waals surface area contributed by atoms with E-state index in [0.717, 1.165) is 48.3 Å². The van der Waals surface area contributed by atoms with Crippen LogP contribution in [0.4, 0.5) is 0 Å². The summed E-state index contributed by atoms with van der Waals surface area (Å²) in [5, 5.41) is 2.09. The summed E-state index contributed by atoms with van der Waals surface area (Å²) in [5.41, 5.74) is 4.01. The summed E-state index contributed by atoms with van der Waals surface area (Å²) in [7, 11) is 6.31. The Labute approximate surface area is 167 Å². The van der Waals surface area contributed by atoms with E-state index >= 15 is 0 Å².